The number of guanidine groups is 1. The molecule has 0 amide bonds. The van der Waals surface area contributed by atoms with Gasteiger partial charge in [-0.2, -0.15) is 0 Å². The second kappa shape index (κ2) is 9.55. The topological polar surface area (TPSA) is 66.5 Å². The zero-order valence-electron chi connectivity index (χ0n) is 14.6. The summed E-state index contributed by atoms with van der Waals surface area (Å²) in [7, 11) is 4.10. The Morgan fingerprint density at radius 2 is 1.92 bits per heavy atom. The lowest BCUT2D eigenvalue weighted by Crippen LogP contribution is -2.33. The van der Waals surface area contributed by atoms with Gasteiger partial charge in [-0.1, -0.05) is 18.2 Å². The van der Waals surface area contributed by atoms with Crippen LogP contribution in [0.4, 0.5) is 5.69 Å². The number of aliphatic imine (C=N–C) groups is 1. The van der Waals surface area contributed by atoms with Gasteiger partial charge >= 0.3 is 0 Å². The minimum atomic E-state index is 0.508. The van der Waals surface area contributed by atoms with Crippen LogP contribution in [0.2, 0.25) is 0 Å². The van der Waals surface area contributed by atoms with Crippen LogP contribution in [0.25, 0.3) is 0 Å². The van der Waals surface area contributed by atoms with E-state index in [0.717, 1.165) is 38.0 Å². The Balaban J connectivity index is 1.64. The van der Waals surface area contributed by atoms with Crippen molar-refractivity contribution in [3.8, 4) is 0 Å². The van der Waals surface area contributed by atoms with E-state index in [4.69, 9.17) is 5.73 Å². The number of hydrogen-bond acceptors (Lipinski definition) is 3. The molecule has 0 atom stereocenters. The fourth-order valence-corrected chi connectivity index (χ4v) is 2.36. The first-order valence-electron chi connectivity index (χ1n) is 8.35. The molecular formula is C19H27N5. The van der Waals surface area contributed by atoms with Crippen molar-refractivity contribution in [3.05, 3.63) is 59.9 Å². The van der Waals surface area contributed by atoms with Crippen LogP contribution in [0, 0.1) is 0 Å². The molecule has 3 N–H and O–H groups in total. The molecule has 1 aromatic carbocycles. The fraction of sp³-hybridized carbons (Fsp3) is 0.368. The quantitative estimate of drug-likeness (QED) is 0.444. The third-order valence-electron chi connectivity index (χ3n) is 3.77. The van der Waals surface area contributed by atoms with Crippen LogP contribution < -0.4 is 16.0 Å². The van der Waals surface area contributed by atoms with Gasteiger partial charge in [0.05, 0.1) is 0 Å². The highest BCUT2D eigenvalue weighted by Gasteiger charge is 1.98. The Kier molecular flexibility index (Phi) is 7.08. The number of benzene rings is 1. The Hall–Kier alpha value is -2.56. The maximum absolute atomic E-state index is 5.88. The monoisotopic (exact) mass is 325 g/mol. The molecule has 0 radical (unpaired) electrons. The molecule has 0 aliphatic carbocycles. The first-order chi connectivity index (χ1) is 11.6. The lowest BCUT2D eigenvalue weighted by molar-refractivity contribution is 0.801. The minimum absolute atomic E-state index is 0.508. The Labute approximate surface area is 144 Å². The van der Waals surface area contributed by atoms with Gasteiger partial charge in [-0.3, -0.25) is 9.98 Å². The molecule has 5 nitrogen and oxygen atoms in total. The van der Waals surface area contributed by atoms with Crippen molar-refractivity contribution in [1.82, 2.24) is 10.3 Å². The van der Waals surface area contributed by atoms with E-state index in [9.17, 15) is 0 Å². The molecule has 0 aliphatic rings. The van der Waals surface area contributed by atoms with Crippen molar-refractivity contribution in [2.45, 2.75) is 19.3 Å². The summed E-state index contributed by atoms with van der Waals surface area (Å²) in [6.45, 7) is 1.48. The average Bonchev–Trinajstić information content (AvgIpc) is 2.60. The third kappa shape index (κ3) is 6.28. The van der Waals surface area contributed by atoms with Crippen LogP contribution in [-0.2, 0) is 12.8 Å². The van der Waals surface area contributed by atoms with Gasteiger partial charge in [0.15, 0.2) is 5.96 Å². The second-order valence-corrected chi connectivity index (χ2v) is 5.93. The van der Waals surface area contributed by atoms with Gasteiger partial charge in [-0.15, -0.1) is 0 Å². The number of nitrogens with two attached hydrogens (primary N) is 1. The molecule has 24 heavy (non-hydrogen) atoms. The van der Waals surface area contributed by atoms with Gasteiger partial charge in [-0.05, 0) is 42.7 Å². The van der Waals surface area contributed by atoms with Crippen LogP contribution >= 0.6 is 0 Å². The SMILES string of the molecule is CN(C)c1ccc(CCCN=C(N)NCCc2ccccn2)cc1. The molecule has 1 aromatic heterocycles. The molecule has 0 unspecified atom stereocenters. The van der Waals surface area contributed by atoms with E-state index in [0.29, 0.717) is 5.96 Å². The van der Waals surface area contributed by atoms with Gasteiger partial charge < -0.3 is 16.0 Å². The summed E-state index contributed by atoms with van der Waals surface area (Å²) in [6, 6.07) is 14.6. The van der Waals surface area contributed by atoms with Crippen molar-refractivity contribution in [2.24, 2.45) is 10.7 Å². The van der Waals surface area contributed by atoms with E-state index in [1.54, 1.807) is 6.20 Å². The largest absolute Gasteiger partial charge is 0.378 e. The number of rotatable bonds is 8. The number of anilines is 1. The van der Waals surface area contributed by atoms with Crippen molar-refractivity contribution in [3.63, 3.8) is 0 Å². The Morgan fingerprint density at radius 3 is 2.58 bits per heavy atom. The average molecular weight is 325 g/mol. The molecule has 0 saturated heterocycles. The zero-order valence-corrected chi connectivity index (χ0v) is 14.6. The van der Waals surface area contributed by atoms with E-state index in [-0.39, 0.29) is 0 Å². The summed E-state index contributed by atoms with van der Waals surface area (Å²) >= 11 is 0. The van der Waals surface area contributed by atoms with E-state index in [1.165, 1.54) is 11.3 Å². The first kappa shape index (κ1) is 17.8. The van der Waals surface area contributed by atoms with Crippen LogP contribution in [0.1, 0.15) is 17.7 Å². The maximum Gasteiger partial charge on any atom is 0.188 e. The summed E-state index contributed by atoms with van der Waals surface area (Å²) < 4.78 is 0. The maximum atomic E-state index is 5.88. The van der Waals surface area contributed by atoms with E-state index >= 15 is 0 Å². The van der Waals surface area contributed by atoms with E-state index in [1.807, 2.05) is 32.3 Å². The molecule has 2 rings (SSSR count). The van der Waals surface area contributed by atoms with Crippen molar-refractivity contribution in [1.29, 1.82) is 0 Å². The number of pyridine rings is 1. The molecular weight excluding hydrogens is 298 g/mol. The smallest absolute Gasteiger partial charge is 0.188 e. The molecule has 0 fully saturated rings. The molecule has 0 bridgehead atoms. The molecule has 128 valence electrons. The van der Waals surface area contributed by atoms with E-state index < -0.39 is 0 Å². The minimum Gasteiger partial charge on any atom is -0.378 e. The number of hydrogen-bond donors (Lipinski definition) is 2. The summed E-state index contributed by atoms with van der Waals surface area (Å²) in [5, 5.41) is 3.13. The lowest BCUT2D eigenvalue weighted by atomic mass is 10.1. The van der Waals surface area contributed by atoms with E-state index in [2.05, 4.69) is 44.5 Å². The van der Waals surface area contributed by atoms with Gasteiger partial charge in [0.1, 0.15) is 0 Å². The predicted molar refractivity (Wildman–Crippen MR) is 102 cm³/mol. The summed E-state index contributed by atoms with van der Waals surface area (Å²) in [5.41, 5.74) is 9.49. The molecule has 0 aliphatic heterocycles. The van der Waals surface area contributed by atoms with Gasteiger partial charge in [0, 0.05) is 51.2 Å². The molecule has 0 saturated carbocycles. The second-order valence-electron chi connectivity index (χ2n) is 5.93. The van der Waals surface area contributed by atoms with Crippen LogP contribution in [0.3, 0.4) is 0 Å². The Morgan fingerprint density at radius 1 is 1.12 bits per heavy atom. The molecule has 5 heteroatoms. The molecule has 2 aromatic rings. The summed E-state index contributed by atoms with van der Waals surface area (Å²) in [5.74, 6) is 0.508. The Bertz CT molecular complexity index is 620. The van der Waals surface area contributed by atoms with Gasteiger partial charge in [-0.25, -0.2) is 0 Å². The fourth-order valence-electron chi connectivity index (χ4n) is 2.36. The normalized spacial score (nSPS) is 11.3. The van der Waals surface area contributed by atoms with Crippen LogP contribution in [-0.4, -0.2) is 38.1 Å². The highest BCUT2D eigenvalue weighted by Crippen LogP contribution is 2.13. The molecule has 0 spiro atoms. The van der Waals surface area contributed by atoms with Crippen molar-refractivity contribution < 1.29 is 0 Å². The predicted octanol–water partition coefficient (Wildman–Crippen LogP) is 2.23. The number of nitrogens with one attached hydrogen (secondary N) is 1. The van der Waals surface area contributed by atoms with Gasteiger partial charge in [0.2, 0.25) is 0 Å². The third-order valence-corrected chi connectivity index (χ3v) is 3.77. The summed E-state index contributed by atoms with van der Waals surface area (Å²) in [6.07, 6.45) is 4.65. The highest BCUT2D eigenvalue weighted by atomic mass is 15.1. The van der Waals surface area contributed by atoms with Crippen LogP contribution in [0.5, 0.6) is 0 Å². The standard InChI is InChI=1S/C19H27N5/c1-24(2)18-10-8-16(9-11-18)6-5-14-22-19(20)23-15-12-17-7-3-4-13-21-17/h3-4,7-11,13H,5-6,12,14-15H2,1-2H3,(H3,20,22,23). The molecule has 1 heterocycles. The van der Waals surface area contributed by atoms with Crippen molar-refractivity contribution >= 4 is 11.6 Å². The van der Waals surface area contributed by atoms with Crippen molar-refractivity contribution in [2.75, 3.05) is 32.1 Å². The lowest BCUT2D eigenvalue weighted by Gasteiger charge is -2.12. The summed E-state index contributed by atoms with van der Waals surface area (Å²) in [4.78, 5) is 10.8. The van der Waals surface area contributed by atoms with Gasteiger partial charge in [0.25, 0.3) is 0 Å². The first-order valence-corrected chi connectivity index (χ1v) is 8.35. The van der Waals surface area contributed by atoms with Crippen LogP contribution in [0.15, 0.2) is 53.7 Å². The highest BCUT2D eigenvalue weighted by molar-refractivity contribution is 5.77. The number of aryl methyl sites for hydroxylation is 1. The zero-order chi connectivity index (χ0) is 17.2. The number of aromatic nitrogens is 1. The number of nitrogens with zero attached hydrogens (tertiary/aromatic N) is 3.